The molecule has 0 atom stereocenters. The average molecular weight is 427 g/mol. The lowest BCUT2D eigenvalue weighted by Crippen LogP contribution is -2.24. The SMILES string of the molecule is CNC(=O)Nc1ccc(-c2nc(Nc3ccc4[nH]ncc4c3Cl)n(C)n2)cc1OC. The number of amides is 2. The highest BCUT2D eigenvalue weighted by atomic mass is 35.5. The van der Waals surface area contributed by atoms with Crippen molar-refractivity contribution in [3.63, 3.8) is 0 Å². The van der Waals surface area contributed by atoms with E-state index >= 15 is 0 Å². The number of fused-ring (bicyclic) bond motifs is 1. The number of aryl methyl sites for hydroxylation is 1. The summed E-state index contributed by atoms with van der Waals surface area (Å²) in [5.41, 5.74) is 2.81. The number of aromatic amines is 1. The summed E-state index contributed by atoms with van der Waals surface area (Å²) in [5, 5.41) is 21.1. The molecular formula is C19H19ClN8O2. The standard InChI is InChI=1S/C19H19ClN8O2/c1-21-19(29)24-13-5-4-10(8-15(13)30-3)17-25-18(28(2)27-17)23-14-7-6-12-11(16(14)20)9-22-26-12/h4-9H,1-3H3,(H,22,26)(H2,21,24,29)(H,23,25,27). The van der Waals surface area contributed by atoms with Crippen LogP contribution in [0.25, 0.3) is 22.3 Å². The van der Waals surface area contributed by atoms with Gasteiger partial charge in [0.2, 0.25) is 5.95 Å². The number of nitrogens with zero attached hydrogens (tertiary/aromatic N) is 4. The van der Waals surface area contributed by atoms with Crippen LogP contribution >= 0.6 is 11.6 Å². The van der Waals surface area contributed by atoms with Gasteiger partial charge in [-0.2, -0.15) is 10.1 Å². The third-order valence-corrected chi connectivity index (χ3v) is 4.91. The van der Waals surface area contributed by atoms with E-state index in [0.717, 1.165) is 16.5 Å². The van der Waals surface area contributed by atoms with Crippen molar-refractivity contribution in [2.75, 3.05) is 24.8 Å². The number of benzene rings is 2. The lowest BCUT2D eigenvalue weighted by Gasteiger charge is -2.10. The molecule has 0 radical (unpaired) electrons. The summed E-state index contributed by atoms with van der Waals surface area (Å²) in [7, 11) is 4.85. The van der Waals surface area contributed by atoms with Crippen LogP contribution in [0.1, 0.15) is 0 Å². The Morgan fingerprint density at radius 3 is 2.80 bits per heavy atom. The molecule has 11 heteroatoms. The Labute approximate surface area is 176 Å². The summed E-state index contributed by atoms with van der Waals surface area (Å²) in [6.45, 7) is 0. The smallest absolute Gasteiger partial charge is 0.319 e. The molecule has 0 bridgehead atoms. The molecule has 4 N–H and O–H groups in total. The molecule has 0 aliphatic heterocycles. The van der Waals surface area contributed by atoms with Gasteiger partial charge in [-0.1, -0.05) is 11.6 Å². The van der Waals surface area contributed by atoms with Gasteiger partial charge in [0.25, 0.3) is 0 Å². The lowest BCUT2D eigenvalue weighted by atomic mass is 10.2. The second kappa shape index (κ2) is 7.91. The van der Waals surface area contributed by atoms with Crippen LogP contribution in [0.4, 0.5) is 22.1 Å². The number of urea groups is 1. The zero-order valence-corrected chi connectivity index (χ0v) is 17.2. The van der Waals surface area contributed by atoms with Crippen LogP contribution in [0.2, 0.25) is 5.02 Å². The fourth-order valence-electron chi connectivity index (χ4n) is 2.93. The van der Waals surface area contributed by atoms with Gasteiger partial charge in [0.05, 0.1) is 35.2 Å². The van der Waals surface area contributed by atoms with E-state index in [1.54, 1.807) is 43.2 Å². The molecule has 2 aromatic carbocycles. The molecule has 0 aliphatic rings. The first-order valence-corrected chi connectivity index (χ1v) is 9.34. The Morgan fingerprint density at radius 1 is 1.23 bits per heavy atom. The number of carbonyl (C=O) groups excluding carboxylic acids is 1. The topological polar surface area (TPSA) is 122 Å². The number of methoxy groups -OCH3 is 1. The minimum absolute atomic E-state index is 0.338. The first-order valence-electron chi connectivity index (χ1n) is 8.97. The monoisotopic (exact) mass is 426 g/mol. The minimum Gasteiger partial charge on any atom is -0.495 e. The van der Waals surface area contributed by atoms with Crippen LogP contribution < -0.4 is 20.7 Å². The second-order valence-electron chi connectivity index (χ2n) is 6.39. The summed E-state index contributed by atoms with van der Waals surface area (Å²) in [4.78, 5) is 16.2. The predicted molar refractivity (Wildman–Crippen MR) is 115 cm³/mol. The van der Waals surface area contributed by atoms with E-state index in [2.05, 4.69) is 36.2 Å². The normalized spacial score (nSPS) is 10.8. The van der Waals surface area contributed by atoms with E-state index in [4.69, 9.17) is 16.3 Å². The molecule has 0 saturated heterocycles. The molecule has 154 valence electrons. The van der Waals surface area contributed by atoms with Crippen molar-refractivity contribution in [2.24, 2.45) is 7.05 Å². The summed E-state index contributed by atoms with van der Waals surface area (Å²) < 4.78 is 7.01. The number of carbonyl (C=O) groups is 1. The fourth-order valence-corrected chi connectivity index (χ4v) is 3.19. The van der Waals surface area contributed by atoms with Crippen LogP contribution in [-0.2, 0) is 7.05 Å². The van der Waals surface area contributed by atoms with Gasteiger partial charge in [-0.05, 0) is 30.3 Å². The van der Waals surface area contributed by atoms with Crippen molar-refractivity contribution in [1.29, 1.82) is 0 Å². The van der Waals surface area contributed by atoms with E-state index in [1.807, 2.05) is 12.1 Å². The van der Waals surface area contributed by atoms with Crippen molar-refractivity contribution in [3.05, 3.63) is 41.6 Å². The van der Waals surface area contributed by atoms with Crippen molar-refractivity contribution < 1.29 is 9.53 Å². The second-order valence-corrected chi connectivity index (χ2v) is 6.76. The summed E-state index contributed by atoms with van der Waals surface area (Å²) in [5.74, 6) is 1.50. The third-order valence-electron chi connectivity index (χ3n) is 4.50. The number of aromatic nitrogens is 5. The van der Waals surface area contributed by atoms with Gasteiger partial charge < -0.3 is 20.7 Å². The molecule has 0 fully saturated rings. The molecular weight excluding hydrogens is 408 g/mol. The molecule has 0 aliphatic carbocycles. The van der Waals surface area contributed by atoms with Crippen molar-refractivity contribution >= 4 is 45.9 Å². The first kappa shape index (κ1) is 19.5. The summed E-state index contributed by atoms with van der Waals surface area (Å²) >= 11 is 6.48. The number of rotatable bonds is 5. The minimum atomic E-state index is -0.338. The Balaban J connectivity index is 1.63. The third kappa shape index (κ3) is 3.60. The Morgan fingerprint density at radius 2 is 2.03 bits per heavy atom. The fraction of sp³-hybridized carbons (Fsp3) is 0.158. The number of anilines is 3. The number of halogens is 1. The van der Waals surface area contributed by atoms with Crippen LogP contribution in [-0.4, -0.2) is 45.2 Å². The number of H-pyrrole nitrogens is 1. The molecule has 0 unspecified atom stereocenters. The van der Waals surface area contributed by atoms with Crippen molar-refractivity contribution in [2.45, 2.75) is 0 Å². The number of hydrogen-bond donors (Lipinski definition) is 4. The zero-order chi connectivity index (χ0) is 21.3. The van der Waals surface area contributed by atoms with Gasteiger partial charge in [-0.3, -0.25) is 5.10 Å². The largest absolute Gasteiger partial charge is 0.495 e. The van der Waals surface area contributed by atoms with Crippen molar-refractivity contribution in [1.82, 2.24) is 30.3 Å². The maximum absolute atomic E-state index is 11.6. The first-order chi connectivity index (χ1) is 14.5. The van der Waals surface area contributed by atoms with Gasteiger partial charge in [-0.15, -0.1) is 5.10 Å². The molecule has 2 amide bonds. The quantitative estimate of drug-likeness (QED) is 0.387. The van der Waals surface area contributed by atoms with Crippen LogP contribution in [0.5, 0.6) is 5.75 Å². The number of ether oxygens (including phenoxy) is 1. The Bertz CT molecular complexity index is 1230. The average Bonchev–Trinajstić information content (AvgIpc) is 3.37. The van der Waals surface area contributed by atoms with E-state index < -0.39 is 0 Å². The van der Waals surface area contributed by atoms with Crippen LogP contribution in [0.15, 0.2) is 36.5 Å². The zero-order valence-electron chi connectivity index (χ0n) is 16.4. The molecule has 0 spiro atoms. The summed E-state index contributed by atoms with van der Waals surface area (Å²) in [6, 6.07) is 8.69. The predicted octanol–water partition coefficient (Wildman–Crippen LogP) is 3.52. The number of nitrogens with one attached hydrogen (secondary N) is 4. The molecule has 4 aromatic rings. The highest BCUT2D eigenvalue weighted by molar-refractivity contribution is 6.38. The van der Waals surface area contributed by atoms with E-state index in [9.17, 15) is 4.79 Å². The van der Waals surface area contributed by atoms with Crippen LogP contribution in [0, 0.1) is 0 Å². The Kier molecular flexibility index (Phi) is 5.15. The van der Waals surface area contributed by atoms with Crippen LogP contribution in [0.3, 0.4) is 0 Å². The van der Waals surface area contributed by atoms with E-state index in [0.29, 0.717) is 33.9 Å². The van der Waals surface area contributed by atoms with Gasteiger partial charge in [-0.25, -0.2) is 9.48 Å². The van der Waals surface area contributed by atoms with Gasteiger partial charge in [0, 0.05) is 25.0 Å². The van der Waals surface area contributed by atoms with E-state index in [1.165, 1.54) is 7.11 Å². The van der Waals surface area contributed by atoms with Gasteiger partial charge in [0.15, 0.2) is 5.82 Å². The maximum Gasteiger partial charge on any atom is 0.319 e. The molecule has 4 rings (SSSR count). The lowest BCUT2D eigenvalue weighted by molar-refractivity contribution is 0.254. The summed E-state index contributed by atoms with van der Waals surface area (Å²) in [6.07, 6.45) is 1.67. The Hall–Kier alpha value is -3.79. The molecule has 0 saturated carbocycles. The molecule has 30 heavy (non-hydrogen) atoms. The van der Waals surface area contributed by atoms with Gasteiger partial charge >= 0.3 is 6.03 Å². The van der Waals surface area contributed by atoms with E-state index in [-0.39, 0.29) is 6.03 Å². The highest BCUT2D eigenvalue weighted by Gasteiger charge is 2.15. The highest BCUT2D eigenvalue weighted by Crippen LogP contribution is 2.33. The molecule has 2 heterocycles. The number of hydrogen-bond acceptors (Lipinski definition) is 6. The molecule has 2 aromatic heterocycles. The van der Waals surface area contributed by atoms with Gasteiger partial charge in [0.1, 0.15) is 5.75 Å². The molecule has 10 nitrogen and oxygen atoms in total. The maximum atomic E-state index is 11.6. The van der Waals surface area contributed by atoms with Crippen molar-refractivity contribution in [3.8, 4) is 17.1 Å².